The third-order valence-corrected chi connectivity index (χ3v) is 6.35. The van der Waals surface area contributed by atoms with E-state index >= 15 is 0 Å². The summed E-state index contributed by atoms with van der Waals surface area (Å²) in [6.45, 7) is 4.00. The summed E-state index contributed by atoms with van der Waals surface area (Å²) in [5, 5.41) is 9.66. The number of amides is 1. The van der Waals surface area contributed by atoms with Gasteiger partial charge in [-0.25, -0.2) is 0 Å². The molecule has 0 saturated carbocycles. The van der Waals surface area contributed by atoms with Crippen LogP contribution in [0.3, 0.4) is 0 Å². The predicted octanol–water partition coefficient (Wildman–Crippen LogP) is 6.32. The molecule has 5 nitrogen and oxygen atoms in total. The van der Waals surface area contributed by atoms with E-state index in [1.54, 1.807) is 7.11 Å². The molecule has 7 heteroatoms. The number of carbonyl (C=O) groups is 1. The lowest BCUT2D eigenvalue weighted by Crippen LogP contribution is -2.25. The van der Waals surface area contributed by atoms with E-state index in [1.807, 2.05) is 86.6 Å². The van der Waals surface area contributed by atoms with E-state index in [0.29, 0.717) is 17.3 Å². The van der Waals surface area contributed by atoms with Crippen molar-refractivity contribution in [3.63, 3.8) is 0 Å². The van der Waals surface area contributed by atoms with Crippen LogP contribution in [0.2, 0.25) is 0 Å². The third-order valence-electron chi connectivity index (χ3n) is 4.79. The second-order valence-corrected chi connectivity index (χ2v) is 8.81. The van der Waals surface area contributed by atoms with Crippen LogP contribution in [-0.2, 0) is 4.79 Å². The topological polar surface area (TPSA) is 62.4 Å². The van der Waals surface area contributed by atoms with Gasteiger partial charge in [-0.2, -0.15) is 0 Å². The molecule has 1 atom stereocenters. The minimum absolute atomic E-state index is 0.00137. The minimum Gasteiger partial charge on any atom is -0.495 e. The van der Waals surface area contributed by atoms with E-state index < -0.39 is 0 Å². The average molecular weight is 466 g/mol. The lowest BCUT2D eigenvalue weighted by molar-refractivity contribution is -0.115. The molecule has 0 heterocycles. The van der Waals surface area contributed by atoms with Gasteiger partial charge in [0.25, 0.3) is 0 Å². The van der Waals surface area contributed by atoms with Gasteiger partial charge < -0.3 is 20.7 Å². The highest BCUT2D eigenvalue weighted by atomic mass is 32.2. The van der Waals surface area contributed by atoms with Gasteiger partial charge in [-0.1, -0.05) is 43.3 Å². The molecule has 0 radical (unpaired) electrons. The van der Waals surface area contributed by atoms with E-state index in [4.69, 9.17) is 17.0 Å². The van der Waals surface area contributed by atoms with Gasteiger partial charge in [0.2, 0.25) is 5.91 Å². The molecule has 0 aliphatic carbocycles. The van der Waals surface area contributed by atoms with Crippen LogP contribution in [0.1, 0.15) is 18.9 Å². The Morgan fingerprint density at radius 1 is 0.969 bits per heavy atom. The molecule has 32 heavy (non-hydrogen) atoms. The fraction of sp³-hybridized carbons (Fsp3) is 0.200. The molecule has 1 amide bonds. The molecule has 1 unspecified atom stereocenters. The summed E-state index contributed by atoms with van der Waals surface area (Å²) in [5.74, 6) is 0.713. The summed E-state index contributed by atoms with van der Waals surface area (Å²) in [5.41, 5.74) is 3.52. The summed E-state index contributed by atoms with van der Waals surface area (Å²) in [7, 11) is 1.62. The van der Waals surface area contributed by atoms with Gasteiger partial charge in [0, 0.05) is 16.3 Å². The summed E-state index contributed by atoms with van der Waals surface area (Å²) in [4.78, 5) is 13.8. The van der Waals surface area contributed by atoms with Crippen LogP contribution in [-0.4, -0.2) is 23.4 Å². The van der Waals surface area contributed by atoms with Crippen molar-refractivity contribution in [3.8, 4) is 5.75 Å². The SMILES string of the molecule is CCC(Sc1cccc(NC(=S)Nc2ccccc2OC)c1)C(=O)Nc1ccccc1C. The van der Waals surface area contributed by atoms with Gasteiger partial charge in [-0.3, -0.25) is 4.79 Å². The third kappa shape index (κ3) is 6.48. The van der Waals surface area contributed by atoms with Gasteiger partial charge in [0.1, 0.15) is 5.75 Å². The van der Waals surface area contributed by atoms with E-state index in [1.165, 1.54) is 11.8 Å². The van der Waals surface area contributed by atoms with Gasteiger partial charge in [0.05, 0.1) is 18.0 Å². The molecule has 0 aliphatic heterocycles. The molecule has 0 saturated heterocycles. The van der Waals surface area contributed by atoms with Crippen molar-refractivity contribution in [3.05, 3.63) is 78.4 Å². The fourth-order valence-electron chi connectivity index (χ4n) is 3.09. The second kappa shape index (κ2) is 11.5. The standard InChI is InChI=1S/C25H27N3O2S2/c1-4-23(24(29)27-20-13-6-5-10-17(20)2)32-19-12-9-11-18(16-19)26-25(31)28-21-14-7-8-15-22(21)30-3/h5-16,23H,4H2,1-3H3,(H,27,29)(H2,26,28,31). The highest BCUT2D eigenvalue weighted by molar-refractivity contribution is 8.00. The number of nitrogens with one attached hydrogen (secondary N) is 3. The minimum atomic E-state index is -0.205. The van der Waals surface area contributed by atoms with Crippen molar-refractivity contribution in [2.24, 2.45) is 0 Å². The fourth-order valence-corrected chi connectivity index (χ4v) is 4.33. The van der Waals surface area contributed by atoms with Crippen LogP contribution >= 0.6 is 24.0 Å². The zero-order valence-electron chi connectivity index (χ0n) is 18.3. The Balaban J connectivity index is 1.63. The van der Waals surface area contributed by atoms with Crippen LogP contribution in [0.4, 0.5) is 17.1 Å². The van der Waals surface area contributed by atoms with Crippen LogP contribution in [0, 0.1) is 6.92 Å². The van der Waals surface area contributed by atoms with E-state index in [0.717, 1.165) is 27.5 Å². The highest BCUT2D eigenvalue weighted by Crippen LogP contribution is 2.29. The first-order chi connectivity index (χ1) is 15.5. The first kappa shape index (κ1) is 23.6. The Kier molecular flexibility index (Phi) is 8.53. The number of methoxy groups -OCH3 is 1. The Morgan fingerprint density at radius 2 is 1.69 bits per heavy atom. The van der Waals surface area contributed by atoms with Crippen molar-refractivity contribution < 1.29 is 9.53 Å². The molecule has 3 rings (SSSR count). The number of benzene rings is 3. The summed E-state index contributed by atoms with van der Waals surface area (Å²) in [6, 6.07) is 23.3. The van der Waals surface area contributed by atoms with Crippen LogP contribution in [0.5, 0.6) is 5.75 Å². The molecular weight excluding hydrogens is 438 g/mol. The molecular formula is C25H27N3O2S2. The van der Waals surface area contributed by atoms with Gasteiger partial charge in [-0.15, -0.1) is 11.8 Å². The lowest BCUT2D eigenvalue weighted by atomic mass is 10.2. The number of para-hydroxylation sites is 3. The normalized spacial score (nSPS) is 11.3. The summed E-state index contributed by atoms with van der Waals surface area (Å²) < 4.78 is 5.35. The zero-order chi connectivity index (χ0) is 22.9. The highest BCUT2D eigenvalue weighted by Gasteiger charge is 2.19. The van der Waals surface area contributed by atoms with Gasteiger partial charge >= 0.3 is 0 Å². The molecule has 3 aromatic carbocycles. The number of anilines is 3. The first-order valence-electron chi connectivity index (χ1n) is 10.3. The predicted molar refractivity (Wildman–Crippen MR) is 139 cm³/mol. The Labute approximate surface area is 199 Å². The van der Waals surface area contributed by atoms with Crippen molar-refractivity contribution in [2.45, 2.75) is 30.4 Å². The first-order valence-corrected chi connectivity index (χ1v) is 11.6. The molecule has 3 N–H and O–H groups in total. The number of rotatable bonds is 8. The molecule has 3 aromatic rings. The Bertz CT molecular complexity index is 1090. The maximum absolute atomic E-state index is 12.8. The number of ether oxygens (including phenoxy) is 1. The smallest absolute Gasteiger partial charge is 0.237 e. The monoisotopic (exact) mass is 465 g/mol. The molecule has 0 bridgehead atoms. The number of thiocarbonyl (C=S) groups is 1. The number of hydrogen-bond acceptors (Lipinski definition) is 4. The number of carbonyl (C=O) groups excluding carboxylic acids is 1. The average Bonchev–Trinajstić information content (AvgIpc) is 2.79. The van der Waals surface area contributed by atoms with Crippen LogP contribution in [0.15, 0.2) is 77.7 Å². The van der Waals surface area contributed by atoms with Gasteiger partial charge in [-0.05, 0) is 67.5 Å². The molecule has 0 spiro atoms. The van der Waals surface area contributed by atoms with Crippen molar-refractivity contribution in [2.75, 3.05) is 23.1 Å². The quantitative estimate of drug-likeness (QED) is 0.267. The number of aryl methyl sites for hydroxylation is 1. The molecule has 166 valence electrons. The van der Waals surface area contributed by atoms with E-state index in [-0.39, 0.29) is 11.2 Å². The number of thioether (sulfide) groups is 1. The largest absolute Gasteiger partial charge is 0.495 e. The van der Waals surface area contributed by atoms with E-state index in [2.05, 4.69) is 16.0 Å². The zero-order valence-corrected chi connectivity index (χ0v) is 20.0. The van der Waals surface area contributed by atoms with Crippen molar-refractivity contribution in [1.29, 1.82) is 0 Å². The second-order valence-electron chi connectivity index (χ2n) is 7.13. The maximum atomic E-state index is 12.8. The summed E-state index contributed by atoms with van der Waals surface area (Å²) in [6.07, 6.45) is 0.716. The lowest BCUT2D eigenvalue weighted by Gasteiger charge is -2.17. The Morgan fingerprint density at radius 3 is 2.41 bits per heavy atom. The number of hydrogen-bond donors (Lipinski definition) is 3. The van der Waals surface area contributed by atoms with Crippen LogP contribution < -0.4 is 20.7 Å². The molecule has 0 aliphatic rings. The summed E-state index contributed by atoms with van der Waals surface area (Å²) >= 11 is 6.99. The maximum Gasteiger partial charge on any atom is 0.237 e. The Hall–Kier alpha value is -3.03. The van der Waals surface area contributed by atoms with Gasteiger partial charge in [0.15, 0.2) is 5.11 Å². The molecule has 0 fully saturated rings. The van der Waals surface area contributed by atoms with Crippen molar-refractivity contribution in [1.82, 2.24) is 0 Å². The van der Waals surface area contributed by atoms with Crippen molar-refractivity contribution >= 4 is 52.1 Å². The molecule has 0 aromatic heterocycles. The van der Waals surface area contributed by atoms with E-state index in [9.17, 15) is 4.79 Å². The van der Waals surface area contributed by atoms with Crippen LogP contribution in [0.25, 0.3) is 0 Å².